The van der Waals surface area contributed by atoms with Crippen molar-refractivity contribution in [3.63, 3.8) is 0 Å². The zero-order valence-corrected chi connectivity index (χ0v) is 8.95. The van der Waals surface area contributed by atoms with Gasteiger partial charge in [-0.1, -0.05) is 0 Å². The van der Waals surface area contributed by atoms with Crippen molar-refractivity contribution in [2.75, 3.05) is 20.6 Å². The number of nitrogens with one attached hydrogen (secondary N) is 1. The number of amides is 1. The third-order valence-corrected chi connectivity index (χ3v) is 2.00. The maximum Gasteiger partial charge on any atom is 0.236 e. The van der Waals surface area contributed by atoms with E-state index in [9.17, 15) is 4.79 Å². The Morgan fingerprint density at radius 1 is 1.57 bits per heavy atom. The predicted molar refractivity (Wildman–Crippen MR) is 55.8 cm³/mol. The van der Waals surface area contributed by atoms with Crippen LogP contribution in [0.1, 0.15) is 5.56 Å². The lowest BCUT2D eigenvalue weighted by molar-refractivity contribution is -0.127. The molecule has 0 saturated heterocycles. The van der Waals surface area contributed by atoms with Gasteiger partial charge in [-0.3, -0.25) is 4.79 Å². The van der Waals surface area contributed by atoms with Crippen LogP contribution in [0, 0.1) is 0 Å². The molecule has 0 saturated carbocycles. The highest BCUT2D eigenvalue weighted by Gasteiger charge is 2.02. The van der Waals surface area contributed by atoms with E-state index >= 15 is 0 Å². The molecule has 1 N–H and O–H groups in total. The summed E-state index contributed by atoms with van der Waals surface area (Å²) in [4.78, 5) is 12.8. The molecule has 78 valence electrons. The predicted octanol–water partition coefficient (Wildman–Crippen LogP) is 0.203. The van der Waals surface area contributed by atoms with Crippen LogP contribution in [-0.4, -0.2) is 36.0 Å². The summed E-state index contributed by atoms with van der Waals surface area (Å²) in [5.74, 6) is 0.0981. The van der Waals surface area contributed by atoms with Crippen LogP contribution >= 0.6 is 0 Å². The Hall–Kier alpha value is -1.29. The fraction of sp³-hybridized carbons (Fsp3) is 0.500. The van der Waals surface area contributed by atoms with Gasteiger partial charge in [-0.15, -0.1) is 0 Å². The second kappa shape index (κ2) is 4.81. The van der Waals surface area contributed by atoms with Gasteiger partial charge in [0, 0.05) is 40.1 Å². The molecule has 0 aliphatic rings. The molecule has 1 amide bonds. The van der Waals surface area contributed by atoms with Crippen molar-refractivity contribution < 1.29 is 4.79 Å². The Balaban J connectivity index is 2.25. The van der Waals surface area contributed by atoms with E-state index in [2.05, 4.69) is 5.32 Å². The smallest absolute Gasteiger partial charge is 0.236 e. The SMILES string of the molecule is CN(C)C(=O)CNCc1ccn(C)c1. The zero-order valence-electron chi connectivity index (χ0n) is 8.95. The van der Waals surface area contributed by atoms with Gasteiger partial charge in [0.2, 0.25) is 5.91 Å². The van der Waals surface area contributed by atoms with Crippen LogP contribution in [0.15, 0.2) is 18.5 Å². The van der Waals surface area contributed by atoms with Crippen molar-refractivity contribution in [2.24, 2.45) is 7.05 Å². The molecule has 4 heteroatoms. The molecule has 0 aliphatic carbocycles. The first-order chi connectivity index (χ1) is 6.59. The van der Waals surface area contributed by atoms with Gasteiger partial charge in [0.1, 0.15) is 0 Å². The minimum atomic E-state index is 0.0981. The molecule has 0 aromatic carbocycles. The molecule has 0 spiro atoms. The van der Waals surface area contributed by atoms with Crippen LogP contribution in [0.2, 0.25) is 0 Å². The number of rotatable bonds is 4. The fourth-order valence-corrected chi connectivity index (χ4v) is 1.14. The normalized spacial score (nSPS) is 10.2. The van der Waals surface area contributed by atoms with Crippen LogP contribution in [0.25, 0.3) is 0 Å². The van der Waals surface area contributed by atoms with Crippen LogP contribution < -0.4 is 5.32 Å². The van der Waals surface area contributed by atoms with Crippen LogP contribution in [0.3, 0.4) is 0 Å². The standard InChI is InChI=1S/C10H17N3O/c1-12(2)10(14)7-11-6-9-4-5-13(3)8-9/h4-5,8,11H,6-7H2,1-3H3. The maximum absolute atomic E-state index is 11.2. The molecular formula is C10H17N3O. The van der Waals surface area contributed by atoms with Crippen LogP contribution in [0.5, 0.6) is 0 Å². The Kier molecular flexibility index (Phi) is 3.71. The molecule has 0 bridgehead atoms. The third kappa shape index (κ3) is 3.22. The minimum absolute atomic E-state index is 0.0981. The summed E-state index contributed by atoms with van der Waals surface area (Å²) in [5, 5.41) is 3.09. The van der Waals surface area contributed by atoms with Gasteiger partial charge in [-0.2, -0.15) is 0 Å². The van der Waals surface area contributed by atoms with Gasteiger partial charge in [0.25, 0.3) is 0 Å². The quantitative estimate of drug-likeness (QED) is 0.745. The average Bonchev–Trinajstić information content (AvgIpc) is 2.51. The van der Waals surface area contributed by atoms with E-state index < -0.39 is 0 Å². The molecule has 1 heterocycles. The van der Waals surface area contributed by atoms with Gasteiger partial charge >= 0.3 is 0 Å². The Bertz CT molecular complexity index is 304. The molecule has 1 aromatic rings. The van der Waals surface area contributed by atoms with E-state index in [0.29, 0.717) is 6.54 Å². The van der Waals surface area contributed by atoms with E-state index in [1.54, 1.807) is 19.0 Å². The van der Waals surface area contributed by atoms with E-state index in [1.807, 2.05) is 30.1 Å². The summed E-state index contributed by atoms with van der Waals surface area (Å²) in [7, 11) is 5.49. The van der Waals surface area contributed by atoms with Crippen molar-refractivity contribution in [2.45, 2.75) is 6.54 Å². The summed E-state index contributed by atoms with van der Waals surface area (Å²) in [6.07, 6.45) is 4.03. The average molecular weight is 195 g/mol. The van der Waals surface area contributed by atoms with Gasteiger partial charge in [-0.25, -0.2) is 0 Å². The summed E-state index contributed by atoms with van der Waals surface area (Å²) >= 11 is 0. The molecule has 0 unspecified atom stereocenters. The minimum Gasteiger partial charge on any atom is -0.357 e. The van der Waals surface area contributed by atoms with E-state index in [0.717, 1.165) is 6.54 Å². The highest BCUT2D eigenvalue weighted by molar-refractivity contribution is 5.77. The number of carbonyl (C=O) groups is 1. The van der Waals surface area contributed by atoms with Gasteiger partial charge in [0.05, 0.1) is 6.54 Å². The summed E-state index contributed by atoms with van der Waals surface area (Å²) in [6, 6.07) is 2.03. The first kappa shape index (κ1) is 10.8. The Labute approximate surface area is 84.5 Å². The lowest BCUT2D eigenvalue weighted by atomic mass is 10.3. The molecular weight excluding hydrogens is 178 g/mol. The van der Waals surface area contributed by atoms with E-state index in [-0.39, 0.29) is 5.91 Å². The molecule has 14 heavy (non-hydrogen) atoms. The summed E-state index contributed by atoms with van der Waals surface area (Å²) in [5.41, 5.74) is 1.19. The first-order valence-electron chi connectivity index (χ1n) is 4.61. The number of aryl methyl sites for hydroxylation is 1. The molecule has 0 fully saturated rings. The fourth-order valence-electron chi connectivity index (χ4n) is 1.14. The lowest BCUT2D eigenvalue weighted by Gasteiger charge is -2.10. The topological polar surface area (TPSA) is 37.3 Å². The largest absolute Gasteiger partial charge is 0.357 e. The van der Waals surface area contributed by atoms with Gasteiger partial charge in [0.15, 0.2) is 0 Å². The van der Waals surface area contributed by atoms with Gasteiger partial charge < -0.3 is 14.8 Å². The first-order valence-corrected chi connectivity index (χ1v) is 4.61. The van der Waals surface area contributed by atoms with Crippen LogP contribution in [-0.2, 0) is 18.4 Å². The second-order valence-corrected chi connectivity index (χ2v) is 3.58. The molecule has 1 aromatic heterocycles. The Morgan fingerprint density at radius 3 is 2.79 bits per heavy atom. The molecule has 0 atom stereocenters. The lowest BCUT2D eigenvalue weighted by Crippen LogP contribution is -2.32. The summed E-state index contributed by atoms with van der Waals surface area (Å²) in [6.45, 7) is 1.13. The number of carbonyl (C=O) groups excluding carboxylic acids is 1. The van der Waals surface area contributed by atoms with E-state index in [1.165, 1.54) is 5.56 Å². The number of hydrogen-bond acceptors (Lipinski definition) is 2. The van der Waals surface area contributed by atoms with Crippen LogP contribution in [0.4, 0.5) is 0 Å². The highest BCUT2D eigenvalue weighted by atomic mass is 16.2. The molecule has 4 nitrogen and oxygen atoms in total. The highest BCUT2D eigenvalue weighted by Crippen LogP contribution is 1.97. The number of likely N-dealkylation sites (N-methyl/N-ethyl adjacent to an activating group) is 1. The van der Waals surface area contributed by atoms with Crippen molar-refractivity contribution >= 4 is 5.91 Å². The molecule has 0 aliphatic heterocycles. The number of nitrogens with zero attached hydrogens (tertiary/aromatic N) is 2. The maximum atomic E-state index is 11.2. The van der Waals surface area contributed by atoms with Crippen molar-refractivity contribution in [1.29, 1.82) is 0 Å². The Morgan fingerprint density at radius 2 is 2.29 bits per heavy atom. The summed E-state index contributed by atoms with van der Waals surface area (Å²) < 4.78 is 1.99. The van der Waals surface area contributed by atoms with Crippen molar-refractivity contribution in [3.05, 3.63) is 24.0 Å². The number of aromatic nitrogens is 1. The van der Waals surface area contributed by atoms with E-state index in [4.69, 9.17) is 0 Å². The monoisotopic (exact) mass is 195 g/mol. The zero-order chi connectivity index (χ0) is 10.6. The third-order valence-electron chi connectivity index (χ3n) is 2.00. The van der Waals surface area contributed by atoms with Gasteiger partial charge in [-0.05, 0) is 11.6 Å². The molecule has 0 radical (unpaired) electrons. The van der Waals surface area contributed by atoms with Crippen molar-refractivity contribution in [3.8, 4) is 0 Å². The molecule has 1 rings (SSSR count). The second-order valence-electron chi connectivity index (χ2n) is 3.58. The van der Waals surface area contributed by atoms with Crippen molar-refractivity contribution in [1.82, 2.24) is 14.8 Å². The number of hydrogen-bond donors (Lipinski definition) is 1.